The molecule has 1 aliphatic rings. The lowest BCUT2D eigenvalue weighted by Gasteiger charge is -2.29. The molecule has 0 N–H and O–H groups in total. The van der Waals surface area contributed by atoms with Crippen molar-refractivity contribution >= 4 is 16.9 Å². The first-order valence-corrected chi connectivity index (χ1v) is 10.6. The average molecular weight is 373 g/mol. The predicted octanol–water partition coefficient (Wildman–Crippen LogP) is 3.75. The number of rotatable bonds is 7. The minimum Gasteiger partial charge on any atom is -0.354 e. The third-order valence-electron chi connectivity index (χ3n) is 5.58. The lowest BCUT2D eigenvalue weighted by Crippen LogP contribution is -2.39. The van der Waals surface area contributed by atoms with Gasteiger partial charge < -0.3 is 9.80 Å². The Labute approximate surface area is 164 Å². The number of hydrogen-bond donors (Lipinski definition) is 0. The van der Waals surface area contributed by atoms with Crippen molar-refractivity contribution in [2.24, 2.45) is 5.92 Å². The van der Waals surface area contributed by atoms with E-state index in [1.54, 1.807) is 6.33 Å². The molecule has 1 atom stereocenters. The molecule has 0 unspecified atom stereocenters. The molecule has 0 amide bonds. The second-order valence-electron chi connectivity index (χ2n) is 8.58. The van der Waals surface area contributed by atoms with Crippen LogP contribution in [0.1, 0.15) is 58.6 Å². The van der Waals surface area contributed by atoms with Crippen LogP contribution in [-0.2, 0) is 13.0 Å². The SMILES string of the molecule is CCCCn1nc(CC(C)C)c2c(N3CCCC[C@H](N(C)C)C3)ncnc21. The number of aromatic nitrogens is 4. The van der Waals surface area contributed by atoms with Gasteiger partial charge in [-0.1, -0.05) is 33.6 Å². The summed E-state index contributed by atoms with van der Waals surface area (Å²) in [5, 5.41) is 6.16. The van der Waals surface area contributed by atoms with E-state index in [1.807, 2.05) is 0 Å². The van der Waals surface area contributed by atoms with Gasteiger partial charge in [0.05, 0.1) is 11.1 Å². The normalized spacial score (nSPS) is 18.6. The van der Waals surface area contributed by atoms with Crippen molar-refractivity contribution in [3.8, 4) is 0 Å². The fourth-order valence-corrected chi connectivity index (χ4v) is 4.03. The molecule has 150 valence electrons. The molecule has 0 radical (unpaired) electrons. The van der Waals surface area contributed by atoms with Crippen molar-refractivity contribution < 1.29 is 0 Å². The van der Waals surface area contributed by atoms with Crippen molar-refractivity contribution in [1.82, 2.24) is 24.6 Å². The third-order valence-corrected chi connectivity index (χ3v) is 5.58. The number of likely N-dealkylation sites (N-methyl/N-ethyl adjacent to an activating group) is 1. The summed E-state index contributed by atoms with van der Waals surface area (Å²) in [6, 6.07) is 0.571. The van der Waals surface area contributed by atoms with Gasteiger partial charge in [-0.3, -0.25) is 0 Å². The van der Waals surface area contributed by atoms with Crippen molar-refractivity contribution in [1.29, 1.82) is 0 Å². The standard InChI is InChI=1S/C21H36N6/c1-6-7-12-27-21-19(18(24-27)13-16(2)3)20(22-15-23-21)26-11-9-8-10-17(14-26)25(4)5/h15-17H,6-14H2,1-5H3/t17-/m0/s1. The molecule has 3 heterocycles. The Bertz CT molecular complexity index is 736. The van der Waals surface area contributed by atoms with E-state index in [1.165, 1.54) is 24.6 Å². The van der Waals surface area contributed by atoms with Gasteiger partial charge >= 0.3 is 0 Å². The second-order valence-corrected chi connectivity index (χ2v) is 8.58. The van der Waals surface area contributed by atoms with Crippen LogP contribution in [0.25, 0.3) is 11.0 Å². The number of unbranched alkanes of at least 4 members (excludes halogenated alkanes) is 1. The minimum absolute atomic E-state index is 0.564. The van der Waals surface area contributed by atoms with Gasteiger partial charge in [0, 0.05) is 25.7 Å². The summed E-state index contributed by atoms with van der Waals surface area (Å²) >= 11 is 0. The molecule has 1 aliphatic heterocycles. The third kappa shape index (κ3) is 4.60. The summed E-state index contributed by atoms with van der Waals surface area (Å²) in [6.07, 6.45) is 8.75. The van der Waals surface area contributed by atoms with Gasteiger partial charge in [0.25, 0.3) is 0 Å². The Morgan fingerprint density at radius 1 is 1.22 bits per heavy atom. The number of fused-ring (bicyclic) bond motifs is 1. The topological polar surface area (TPSA) is 50.1 Å². The highest BCUT2D eigenvalue weighted by Crippen LogP contribution is 2.30. The summed E-state index contributed by atoms with van der Waals surface area (Å²) in [7, 11) is 4.38. The van der Waals surface area contributed by atoms with E-state index >= 15 is 0 Å². The van der Waals surface area contributed by atoms with Crippen LogP contribution in [0.4, 0.5) is 5.82 Å². The van der Waals surface area contributed by atoms with Crippen LogP contribution in [0.5, 0.6) is 0 Å². The van der Waals surface area contributed by atoms with Crippen molar-refractivity contribution in [3.63, 3.8) is 0 Å². The molecule has 1 fully saturated rings. The molecular weight excluding hydrogens is 336 g/mol. The maximum Gasteiger partial charge on any atom is 0.163 e. The highest BCUT2D eigenvalue weighted by atomic mass is 15.3. The second kappa shape index (κ2) is 9.00. The monoisotopic (exact) mass is 372 g/mol. The molecule has 1 saturated heterocycles. The fourth-order valence-electron chi connectivity index (χ4n) is 4.03. The van der Waals surface area contributed by atoms with E-state index in [0.717, 1.165) is 56.1 Å². The van der Waals surface area contributed by atoms with Gasteiger partial charge in [-0.2, -0.15) is 5.10 Å². The Morgan fingerprint density at radius 3 is 2.74 bits per heavy atom. The molecule has 0 bridgehead atoms. The first kappa shape index (κ1) is 20.1. The lowest BCUT2D eigenvalue weighted by molar-refractivity contribution is 0.285. The number of aryl methyl sites for hydroxylation is 1. The van der Waals surface area contributed by atoms with E-state index in [9.17, 15) is 0 Å². The zero-order chi connectivity index (χ0) is 19.4. The van der Waals surface area contributed by atoms with E-state index < -0.39 is 0 Å². The Hall–Kier alpha value is -1.69. The summed E-state index contributed by atoms with van der Waals surface area (Å²) < 4.78 is 2.11. The van der Waals surface area contributed by atoms with Crippen LogP contribution in [0, 0.1) is 5.92 Å². The minimum atomic E-state index is 0.564. The van der Waals surface area contributed by atoms with E-state index in [0.29, 0.717) is 12.0 Å². The van der Waals surface area contributed by atoms with Crippen molar-refractivity contribution in [2.75, 3.05) is 32.1 Å². The van der Waals surface area contributed by atoms with Gasteiger partial charge in [-0.15, -0.1) is 0 Å². The van der Waals surface area contributed by atoms with Crippen molar-refractivity contribution in [3.05, 3.63) is 12.0 Å². The first-order chi connectivity index (χ1) is 13.0. The molecule has 0 spiro atoms. The maximum atomic E-state index is 4.98. The molecule has 27 heavy (non-hydrogen) atoms. The number of anilines is 1. The molecule has 6 heteroatoms. The highest BCUT2D eigenvalue weighted by Gasteiger charge is 2.25. The van der Waals surface area contributed by atoms with Crippen LogP contribution in [-0.4, -0.2) is 57.9 Å². The zero-order valence-electron chi connectivity index (χ0n) is 17.8. The molecule has 0 aliphatic carbocycles. The first-order valence-electron chi connectivity index (χ1n) is 10.6. The number of nitrogens with zero attached hydrogens (tertiary/aromatic N) is 6. The summed E-state index contributed by atoms with van der Waals surface area (Å²) in [6.45, 7) is 9.77. The van der Waals surface area contributed by atoms with Gasteiger partial charge in [-0.05, 0) is 45.7 Å². The Balaban J connectivity index is 2.04. The highest BCUT2D eigenvalue weighted by molar-refractivity contribution is 5.90. The van der Waals surface area contributed by atoms with Crippen LogP contribution < -0.4 is 4.90 Å². The molecule has 2 aromatic heterocycles. The van der Waals surface area contributed by atoms with E-state index in [-0.39, 0.29) is 0 Å². The van der Waals surface area contributed by atoms with Gasteiger partial charge in [0.15, 0.2) is 5.65 Å². The van der Waals surface area contributed by atoms with Crippen LogP contribution in [0.3, 0.4) is 0 Å². The summed E-state index contributed by atoms with van der Waals surface area (Å²) in [4.78, 5) is 14.3. The molecular formula is C21H36N6. The van der Waals surface area contributed by atoms with Crippen LogP contribution >= 0.6 is 0 Å². The fraction of sp³-hybridized carbons (Fsp3) is 0.762. The Kier molecular flexibility index (Phi) is 6.68. The average Bonchev–Trinajstić information content (AvgIpc) is 2.82. The van der Waals surface area contributed by atoms with E-state index in [4.69, 9.17) is 10.1 Å². The summed E-state index contributed by atoms with van der Waals surface area (Å²) in [5.41, 5.74) is 2.17. The largest absolute Gasteiger partial charge is 0.354 e. The molecule has 0 aromatic carbocycles. The van der Waals surface area contributed by atoms with Crippen molar-refractivity contribution in [2.45, 2.75) is 71.9 Å². The van der Waals surface area contributed by atoms with E-state index in [2.05, 4.69) is 54.3 Å². The predicted molar refractivity (Wildman–Crippen MR) is 112 cm³/mol. The molecule has 2 aromatic rings. The quantitative estimate of drug-likeness (QED) is 0.741. The van der Waals surface area contributed by atoms with Gasteiger partial charge in [0.2, 0.25) is 0 Å². The maximum absolute atomic E-state index is 4.98. The lowest BCUT2D eigenvalue weighted by atomic mass is 10.1. The van der Waals surface area contributed by atoms with Crippen LogP contribution in [0.15, 0.2) is 6.33 Å². The smallest absolute Gasteiger partial charge is 0.163 e. The molecule has 3 rings (SSSR count). The summed E-state index contributed by atoms with van der Waals surface area (Å²) in [5.74, 6) is 1.65. The number of hydrogen-bond acceptors (Lipinski definition) is 5. The molecule has 0 saturated carbocycles. The molecule has 6 nitrogen and oxygen atoms in total. The van der Waals surface area contributed by atoms with Gasteiger partial charge in [0.1, 0.15) is 12.1 Å². The van der Waals surface area contributed by atoms with Gasteiger partial charge in [-0.25, -0.2) is 14.6 Å². The Morgan fingerprint density at radius 2 is 2.04 bits per heavy atom. The van der Waals surface area contributed by atoms with Crippen LogP contribution in [0.2, 0.25) is 0 Å². The zero-order valence-corrected chi connectivity index (χ0v) is 17.8.